The van der Waals surface area contributed by atoms with Gasteiger partial charge in [0.2, 0.25) is 16.3 Å². The molecule has 1 fully saturated rings. The maximum atomic E-state index is 14.1. The monoisotopic (exact) mass is 1550 g/mol. The van der Waals surface area contributed by atoms with Crippen molar-refractivity contribution in [2.75, 3.05) is 55.1 Å². The SMILES string of the molecule is C=CC(C)N1CN([C@@H](C=C)CF)C(=O)c2c(OCc3ccccc3)c(=O)c(C(=O)NCc3ccc(F)cc3F)cn21.C[C@H]1C=C[C@@H](CF)N2CN1n1cc(C(=O)NCc3ccc(F)cc3F)c(=O)c(OCc3ccccc3)c1C2=O.C[C@H]1CC[C@@H](CF)N2CN1n1cc(C(=O)NCc3ccc(F)cc3F)c(=O)c(O)c1C2=O. The molecule has 112 heavy (non-hydrogen) atoms. The zero-order chi connectivity index (χ0) is 80.5. The number of fused-ring (bicyclic) bond motifs is 9. The van der Waals surface area contributed by atoms with Gasteiger partial charge in [-0.2, -0.15) is 0 Å². The van der Waals surface area contributed by atoms with E-state index in [9.17, 15) is 87.8 Å². The van der Waals surface area contributed by atoms with Gasteiger partial charge in [0, 0.05) is 79.2 Å². The van der Waals surface area contributed by atoms with Gasteiger partial charge in [0.05, 0.1) is 30.2 Å². The summed E-state index contributed by atoms with van der Waals surface area (Å²) in [5, 5.41) is 22.8. The van der Waals surface area contributed by atoms with E-state index >= 15 is 0 Å². The second-order valence-electron chi connectivity index (χ2n) is 26.6. The summed E-state index contributed by atoms with van der Waals surface area (Å²) in [7, 11) is 0. The molecule has 8 aromatic rings. The lowest BCUT2D eigenvalue weighted by atomic mass is 10.1. The number of benzene rings is 5. The summed E-state index contributed by atoms with van der Waals surface area (Å²) in [6.45, 7) is 9.21. The number of alkyl halides is 3. The summed E-state index contributed by atoms with van der Waals surface area (Å²) in [5.41, 5.74) is -3.20. The fourth-order valence-electron chi connectivity index (χ4n) is 13.0. The van der Waals surface area contributed by atoms with Crippen LogP contribution in [0, 0.1) is 34.9 Å². The Balaban J connectivity index is 0.000000167. The largest absolute Gasteiger partial charge is 0.502 e. The van der Waals surface area contributed by atoms with Crippen LogP contribution in [0.15, 0.2) is 186 Å². The number of aromatic hydroxyl groups is 1. The van der Waals surface area contributed by atoms with Crippen LogP contribution in [0.3, 0.4) is 0 Å². The Bertz CT molecular complexity index is 5190. The Morgan fingerprint density at radius 2 is 0.982 bits per heavy atom. The standard InChI is InChI=1S/C30H29F3N4O4.C28H25F3N4O4.C21H21F3N4O4/c1-4-19(3)37-18-35(23(5-2)14-31)30(40)26-28(41-17-20-9-7-6-8-10-20)27(38)24(16-36(26)37)29(39)34-15-21-11-12-22(32)13-25(21)33;1-17-7-10-21(12-29)33-16-35(17)34-14-22(27(37)32-13-19-8-9-20(30)11-23(19)31)25(36)26(24(34)28(33)38)39-15-18-5-3-2-4-6-18;1-11-2-5-14(7-22)26-10-28(11)27-9-15(18(29)19(30)17(27)21(26)32)20(31)25-8-12-3-4-13(23)6-16(12)24/h4-13,16,19,23H,1-2,14-15,17-18H2,3H3,(H,34,39);2-11,14,17,21H,12-13,15-16H2,1H3,(H,32,37);3-4,6,9,11,14,30H,2,5,7-8,10H2,1H3,(H,25,31)/t19?,23-;17-,21-;11-,14-/m000/s1. The fraction of sp³-hybridized carbons (Fsp3) is 0.278. The molecule has 1 saturated heterocycles. The lowest BCUT2D eigenvalue weighted by Crippen LogP contribution is -2.59. The van der Waals surface area contributed by atoms with Gasteiger partial charge in [0.15, 0.2) is 34.3 Å². The number of carbonyl (C=O) groups is 6. The highest BCUT2D eigenvalue weighted by atomic mass is 19.2. The number of pyridine rings is 3. The maximum Gasteiger partial charge on any atom is 0.278 e. The topological polar surface area (TPSA) is 263 Å². The maximum absolute atomic E-state index is 14.1. The van der Waals surface area contributed by atoms with Crippen molar-refractivity contribution in [1.29, 1.82) is 0 Å². The van der Waals surface area contributed by atoms with E-state index in [-0.39, 0.29) is 116 Å². The average Bonchev–Trinajstić information content (AvgIpc) is 1.09. The van der Waals surface area contributed by atoms with E-state index in [1.807, 2.05) is 19.9 Å². The first kappa shape index (κ1) is 80.2. The van der Waals surface area contributed by atoms with Crippen molar-refractivity contribution in [3.8, 4) is 17.2 Å². The van der Waals surface area contributed by atoms with Gasteiger partial charge in [0.1, 0.15) is 105 Å². The number of hydrogen-bond acceptors (Lipinski definition) is 15. The number of nitrogens with zero attached hydrogens (tertiary/aromatic N) is 9. The number of ether oxygens (including phenoxy) is 2. The smallest absolute Gasteiger partial charge is 0.278 e. The molecule has 1 unspecified atom stereocenters. The Morgan fingerprint density at radius 3 is 1.43 bits per heavy atom. The predicted molar refractivity (Wildman–Crippen MR) is 392 cm³/mol. The summed E-state index contributed by atoms with van der Waals surface area (Å²) < 4.78 is 139. The molecule has 6 amide bonds. The van der Waals surface area contributed by atoms with Gasteiger partial charge in [-0.25, -0.2) is 39.5 Å². The highest BCUT2D eigenvalue weighted by Crippen LogP contribution is 2.33. The Morgan fingerprint density at radius 1 is 0.536 bits per heavy atom. The van der Waals surface area contributed by atoms with Crippen molar-refractivity contribution >= 4 is 35.4 Å². The molecule has 5 aromatic carbocycles. The molecule has 33 heteroatoms. The Labute approximate surface area is 634 Å². The van der Waals surface area contributed by atoms with Crippen LogP contribution in [0.4, 0.5) is 39.5 Å². The van der Waals surface area contributed by atoms with Crippen LogP contribution in [0.5, 0.6) is 17.2 Å². The highest BCUT2D eigenvalue weighted by molar-refractivity contribution is 6.02. The number of nitrogens with one attached hydrogen (secondary N) is 3. The van der Waals surface area contributed by atoms with Crippen LogP contribution in [-0.4, -0.2) is 146 Å². The van der Waals surface area contributed by atoms with Gasteiger partial charge < -0.3 is 45.2 Å². The van der Waals surface area contributed by atoms with E-state index in [4.69, 9.17) is 9.47 Å². The summed E-state index contributed by atoms with van der Waals surface area (Å²) in [5.74, 6) is -11.2. The van der Waals surface area contributed by atoms with E-state index in [0.29, 0.717) is 36.6 Å². The van der Waals surface area contributed by atoms with Crippen LogP contribution in [0.1, 0.15) is 124 Å². The average molecular weight is 1560 g/mol. The molecule has 4 N–H and O–H groups in total. The summed E-state index contributed by atoms with van der Waals surface area (Å²) >= 11 is 0. The highest BCUT2D eigenvalue weighted by Gasteiger charge is 2.44. The van der Waals surface area contributed by atoms with Crippen molar-refractivity contribution in [2.24, 2.45) is 0 Å². The summed E-state index contributed by atoms with van der Waals surface area (Å²) in [6, 6.07) is 23.1. The molecule has 0 radical (unpaired) electrons. The zero-order valence-corrected chi connectivity index (χ0v) is 60.4. The molecule has 5 aliphatic rings. The van der Waals surface area contributed by atoms with Crippen molar-refractivity contribution in [3.63, 3.8) is 0 Å². The molecule has 0 spiro atoms. The van der Waals surface area contributed by atoms with Gasteiger partial charge in [-0.15, -0.1) is 13.2 Å². The molecule has 13 rings (SSSR count). The number of halogens is 9. The van der Waals surface area contributed by atoms with E-state index in [1.54, 1.807) is 94.8 Å². The first-order chi connectivity index (χ1) is 53.7. The summed E-state index contributed by atoms with van der Waals surface area (Å²) in [4.78, 5) is 123. The second kappa shape index (κ2) is 34.8. The number of aromatic nitrogens is 3. The molecule has 3 aromatic heterocycles. The zero-order valence-electron chi connectivity index (χ0n) is 60.4. The molecule has 0 saturated carbocycles. The van der Waals surface area contributed by atoms with E-state index in [2.05, 4.69) is 29.1 Å². The lowest BCUT2D eigenvalue weighted by Gasteiger charge is -2.44. The molecule has 8 heterocycles. The van der Waals surface area contributed by atoms with Crippen LogP contribution in [0.25, 0.3) is 0 Å². The number of rotatable bonds is 22. The van der Waals surface area contributed by atoms with Crippen molar-refractivity contribution in [2.45, 2.75) is 103 Å². The van der Waals surface area contributed by atoms with Gasteiger partial charge in [-0.1, -0.05) is 103 Å². The number of hydrogen-bond donors (Lipinski definition) is 4. The van der Waals surface area contributed by atoms with Crippen LogP contribution >= 0.6 is 0 Å². The molecule has 586 valence electrons. The van der Waals surface area contributed by atoms with Crippen molar-refractivity contribution in [3.05, 3.63) is 298 Å². The molecule has 24 nitrogen and oxygen atoms in total. The van der Waals surface area contributed by atoms with Gasteiger partial charge in [-0.3, -0.25) is 72.2 Å². The third-order valence-electron chi connectivity index (χ3n) is 19.4. The molecule has 0 aliphatic carbocycles. The van der Waals surface area contributed by atoms with E-state index < -0.39 is 148 Å². The van der Waals surface area contributed by atoms with Gasteiger partial charge in [0.25, 0.3) is 35.4 Å². The number of carbonyl (C=O) groups excluding carboxylic acids is 6. The Kier molecular flexibility index (Phi) is 24.9. The lowest BCUT2D eigenvalue weighted by molar-refractivity contribution is 0.0579. The second-order valence-corrected chi connectivity index (χ2v) is 26.6. The third-order valence-corrected chi connectivity index (χ3v) is 19.4. The predicted octanol–water partition coefficient (Wildman–Crippen LogP) is 9.00. The van der Waals surface area contributed by atoms with Crippen molar-refractivity contribution in [1.82, 2.24) is 44.7 Å². The summed E-state index contributed by atoms with van der Waals surface area (Å²) in [6.07, 6.45) is 10.8. The Hall–Kier alpha value is -12.8. The third kappa shape index (κ3) is 16.8. The molecule has 4 bridgehead atoms. The minimum absolute atomic E-state index is 0.00579. The van der Waals surface area contributed by atoms with Crippen LogP contribution in [0.2, 0.25) is 0 Å². The minimum Gasteiger partial charge on any atom is -0.502 e. The first-order valence-corrected chi connectivity index (χ1v) is 35.1. The van der Waals surface area contributed by atoms with E-state index in [0.717, 1.165) is 36.0 Å². The number of amides is 6. The first-order valence-electron chi connectivity index (χ1n) is 35.1. The molecular weight excluding hydrogens is 1480 g/mol. The minimum atomic E-state index is -1.08. The van der Waals surface area contributed by atoms with Gasteiger partial charge in [-0.05, 0) is 62.9 Å². The van der Waals surface area contributed by atoms with Crippen LogP contribution < -0.4 is 56.7 Å². The van der Waals surface area contributed by atoms with E-state index in [1.165, 1.54) is 59.3 Å². The van der Waals surface area contributed by atoms with Crippen LogP contribution in [-0.2, 0) is 32.8 Å². The van der Waals surface area contributed by atoms with Crippen molar-refractivity contribution < 1.29 is 82.9 Å². The molecular formula is C79H75F9N12O12. The van der Waals surface area contributed by atoms with Gasteiger partial charge >= 0.3 is 0 Å². The quantitative estimate of drug-likeness (QED) is 0.0364. The molecule has 6 atom stereocenters. The molecule has 5 aliphatic heterocycles. The fourth-order valence-corrected chi connectivity index (χ4v) is 13.0. The normalized spacial score (nSPS) is 17.2.